The highest BCUT2D eigenvalue weighted by Crippen LogP contribution is 2.10. The van der Waals surface area contributed by atoms with Crippen LogP contribution in [0.15, 0.2) is 0 Å². The number of nitrogens with one attached hydrogen (secondary N) is 1. The maximum atomic E-state index is 11.6. The van der Waals surface area contributed by atoms with Gasteiger partial charge in [0.2, 0.25) is 5.91 Å². The second-order valence-electron chi connectivity index (χ2n) is 4.86. The van der Waals surface area contributed by atoms with Gasteiger partial charge < -0.3 is 15.5 Å². The van der Waals surface area contributed by atoms with E-state index in [4.69, 9.17) is 5.11 Å². The molecule has 0 fully saturated rings. The third kappa shape index (κ3) is 5.68. The second-order valence-corrected chi connectivity index (χ2v) is 4.86. The van der Waals surface area contributed by atoms with Crippen LogP contribution in [0.25, 0.3) is 0 Å². The molecule has 0 saturated carbocycles. The summed E-state index contributed by atoms with van der Waals surface area (Å²) in [5.74, 6) is -1.65. The van der Waals surface area contributed by atoms with Crippen molar-refractivity contribution >= 4 is 11.9 Å². The minimum absolute atomic E-state index is 0.164. The maximum absolute atomic E-state index is 11.6. The summed E-state index contributed by atoms with van der Waals surface area (Å²) in [6, 6.07) is -0.936. The normalized spacial score (nSPS) is 16.4. The molecule has 5 heteroatoms. The molecule has 5 nitrogen and oxygen atoms in total. The van der Waals surface area contributed by atoms with E-state index in [-0.39, 0.29) is 11.8 Å². The number of aliphatic hydroxyl groups is 1. The van der Waals surface area contributed by atoms with E-state index in [2.05, 4.69) is 5.32 Å². The molecule has 0 aromatic rings. The minimum atomic E-state index is -1.14. The first-order chi connectivity index (χ1) is 7.79. The molecule has 100 valence electrons. The number of carbonyl (C=O) groups is 2. The van der Waals surface area contributed by atoms with Crippen LogP contribution in [-0.4, -0.2) is 34.2 Å². The standard InChI is InChI=1S/C12H23NO4/c1-5-8(4)10(12(16)17)13-11(15)9(14)6-7(2)3/h7-10,14H,5-6H2,1-4H3,(H,13,15)(H,16,17)/t8-,9+,10+/m0/s1. The van der Waals surface area contributed by atoms with Crippen LogP contribution >= 0.6 is 0 Å². The summed E-state index contributed by atoms with van der Waals surface area (Å²) >= 11 is 0. The number of rotatable bonds is 7. The van der Waals surface area contributed by atoms with Gasteiger partial charge in [0.25, 0.3) is 0 Å². The van der Waals surface area contributed by atoms with Crippen molar-refractivity contribution in [3.05, 3.63) is 0 Å². The van der Waals surface area contributed by atoms with Gasteiger partial charge in [-0.3, -0.25) is 4.79 Å². The van der Waals surface area contributed by atoms with Gasteiger partial charge in [-0.1, -0.05) is 34.1 Å². The van der Waals surface area contributed by atoms with Crippen molar-refractivity contribution in [2.24, 2.45) is 11.8 Å². The van der Waals surface area contributed by atoms with Crippen molar-refractivity contribution in [2.45, 2.75) is 52.7 Å². The Bertz CT molecular complexity index is 265. The lowest BCUT2D eigenvalue weighted by Crippen LogP contribution is -2.48. The number of hydrogen-bond acceptors (Lipinski definition) is 3. The van der Waals surface area contributed by atoms with E-state index < -0.39 is 24.0 Å². The van der Waals surface area contributed by atoms with Gasteiger partial charge in [0.1, 0.15) is 12.1 Å². The zero-order valence-electron chi connectivity index (χ0n) is 10.9. The lowest BCUT2D eigenvalue weighted by molar-refractivity contribution is -0.145. The lowest BCUT2D eigenvalue weighted by Gasteiger charge is -2.22. The van der Waals surface area contributed by atoms with Crippen LogP contribution in [0.2, 0.25) is 0 Å². The first-order valence-corrected chi connectivity index (χ1v) is 6.00. The largest absolute Gasteiger partial charge is 0.480 e. The zero-order chi connectivity index (χ0) is 13.6. The summed E-state index contributed by atoms with van der Waals surface area (Å²) < 4.78 is 0. The fourth-order valence-electron chi connectivity index (χ4n) is 1.49. The van der Waals surface area contributed by atoms with E-state index in [1.54, 1.807) is 6.92 Å². The first kappa shape index (κ1) is 15.9. The summed E-state index contributed by atoms with van der Waals surface area (Å²) in [5.41, 5.74) is 0. The number of carboxylic acid groups (broad SMARTS) is 1. The van der Waals surface area contributed by atoms with Gasteiger partial charge in [0.15, 0.2) is 0 Å². The number of carbonyl (C=O) groups excluding carboxylic acids is 1. The highest BCUT2D eigenvalue weighted by molar-refractivity contribution is 5.86. The predicted molar refractivity (Wildman–Crippen MR) is 64.5 cm³/mol. The number of amides is 1. The first-order valence-electron chi connectivity index (χ1n) is 6.00. The highest BCUT2D eigenvalue weighted by Gasteiger charge is 2.27. The average Bonchev–Trinajstić information content (AvgIpc) is 2.22. The molecule has 17 heavy (non-hydrogen) atoms. The van der Waals surface area contributed by atoms with Gasteiger partial charge in [-0.25, -0.2) is 4.79 Å². The Morgan fingerprint density at radius 3 is 2.12 bits per heavy atom. The summed E-state index contributed by atoms with van der Waals surface area (Å²) in [6.07, 6.45) is -0.156. The van der Waals surface area contributed by atoms with Crippen LogP contribution in [0.3, 0.4) is 0 Å². The highest BCUT2D eigenvalue weighted by atomic mass is 16.4. The van der Waals surface area contributed by atoms with Crippen LogP contribution in [0.5, 0.6) is 0 Å². The van der Waals surface area contributed by atoms with Crippen molar-refractivity contribution < 1.29 is 19.8 Å². The Hall–Kier alpha value is -1.10. The molecule has 0 aromatic heterocycles. The molecule has 0 bridgehead atoms. The molecule has 3 atom stereocenters. The molecule has 1 amide bonds. The topological polar surface area (TPSA) is 86.6 Å². The van der Waals surface area contributed by atoms with Crippen LogP contribution in [-0.2, 0) is 9.59 Å². The fraction of sp³-hybridized carbons (Fsp3) is 0.833. The molecule has 0 rings (SSSR count). The monoisotopic (exact) mass is 245 g/mol. The smallest absolute Gasteiger partial charge is 0.326 e. The van der Waals surface area contributed by atoms with E-state index in [0.717, 1.165) is 0 Å². The quantitative estimate of drug-likeness (QED) is 0.624. The van der Waals surface area contributed by atoms with E-state index in [9.17, 15) is 14.7 Å². The van der Waals surface area contributed by atoms with E-state index >= 15 is 0 Å². The molecule has 3 N–H and O–H groups in total. The molecule has 0 aliphatic heterocycles. The average molecular weight is 245 g/mol. The molecular weight excluding hydrogens is 222 g/mol. The van der Waals surface area contributed by atoms with Crippen molar-refractivity contribution in [1.82, 2.24) is 5.32 Å². The molecule has 0 unspecified atom stereocenters. The SMILES string of the molecule is CC[C@H](C)[C@@H](NC(=O)[C@H](O)CC(C)C)C(=O)O. The molecular formula is C12H23NO4. The summed E-state index contributed by atoms with van der Waals surface area (Å²) in [7, 11) is 0. The Labute approximate surface area is 102 Å². The summed E-state index contributed by atoms with van der Waals surface area (Å²) in [6.45, 7) is 7.39. The van der Waals surface area contributed by atoms with E-state index in [1.807, 2.05) is 20.8 Å². The van der Waals surface area contributed by atoms with E-state index in [0.29, 0.717) is 12.8 Å². The van der Waals surface area contributed by atoms with Crippen LogP contribution in [0.1, 0.15) is 40.5 Å². The molecule has 0 aliphatic carbocycles. The van der Waals surface area contributed by atoms with Crippen LogP contribution in [0, 0.1) is 11.8 Å². The molecule has 0 heterocycles. The summed E-state index contributed by atoms with van der Waals surface area (Å²) in [5, 5.41) is 20.9. The van der Waals surface area contributed by atoms with E-state index in [1.165, 1.54) is 0 Å². The third-order valence-electron chi connectivity index (χ3n) is 2.77. The van der Waals surface area contributed by atoms with Crippen LogP contribution < -0.4 is 5.32 Å². The number of hydrogen-bond donors (Lipinski definition) is 3. The Morgan fingerprint density at radius 1 is 1.24 bits per heavy atom. The second kappa shape index (κ2) is 7.27. The number of carboxylic acids is 1. The Morgan fingerprint density at radius 2 is 1.76 bits per heavy atom. The maximum Gasteiger partial charge on any atom is 0.326 e. The van der Waals surface area contributed by atoms with Crippen molar-refractivity contribution in [3.63, 3.8) is 0 Å². The van der Waals surface area contributed by atoms with Crippen molar-refractivity contribution in [1.29, 1.82) is 0 Å². The van der Waals surface area contributed by atoms with Crippen molar-refractivity contribution in [3.8, 4) is 0 Å². The predicted octanol–water partition coefficient (Wildman–Crippen LogP) is 1.01. The third-order valence-corrected chi connectivity index (χ3v) is 2.77. The molecule has 0 saturated heterocycles. The number of aliphatic carboxylic acids is 1. The Kier molecular flexibility index (Phi) is 6.80. The molecule has 0 aromatic carbocycles. The summed E-state index contributed by atoms with van der Waals surface area (Å²) in [4.78, 5) is 22.6. The number of aliphatic hydroxyl groups excluding tert-OH is 1. The molecule has 0 aliphatic rings. The van der Waals surface area contributed by atoms with Gasteiger partial charge in [-0.15, -0.1) is 0 Å². The van der Waals surface area contributed by atoms with Crippen molar-refractivity contribution in [2.75, 3.05) is 0 Å². The molecule has 0 radical (unpaired) electrons. The van der Waals surface area contributed by atoms with Gasteiger partial charge in [0, 0.05) is 0 Å². The van der Waals surface area contributed by atoms with Gasteiger partial charge in [-0.2, -0.15) is 0 Å². The Balaban J connectivity index is 4.45. The van der Waals surface area contributed by atoms with Gasteiger partial charge in [0.05, 0.1) is 0 Å². The zero-order valence-corrected chi connectivity index (χ0v) is 10.9. The van der Waals surface area contributed by atoms with Gasteiger partial charge >= 0.3 is 5.97 Å². The molecule has 0 spiro atoms. The fourth-order valence-corrected chi connectivity index (χ4v) is 1.49. The lowest BCUT2D eigenvalue weighted by atomic mass is 9.98. The minimum Gasteiger partial charge on any atom is -0.480 e. The van der Waals surface area contributed by atoms with Gasteiger partial charge in [-0.05, 0) is 18.3 Å². The van der Waals surface area contributed by atoms with Crippen LogP contribution in [0.4, 0.5) is 0 Å².